The number of rotatable bonds is 4. The van der Waals surface area contributed by atoms with Gasteiger partial charge in [0, 0.05) is 11.3 Å². The van der Waals surface area contributed by atoms with Crippen LogP contribution in [-0.2, 0) is 4.79 Å². The number of hydrogen-bond donors (Lipinski definition) is 0. The molecule has 0 aliphatic heterocycles. The Bertz CT molecular complexity index is 424. The Morgan fingerprint density at radius 3 is 1.70 bits per heavy atom. The van der Waals surface area contributed by atoms with Gasteiger partial charge in [0.05, 0.1) is 0 Å². The maximum absolute atomic E-state index is 13.2. The highest BCUT2D eigenvalue weighted by atomic mass is 16.1. The van der Waals surface area contributed by atoms with Crippen molar-refractivity contribution in [2.24, 2.45) is 39.9 Å². The molecule has 0 unspecified atom stereocenters. The molecule has 0 heterocycles. The summed E-state index contributed by atoms with van der Waals surface area (Å²) in [7, 11) is 0. The molecular formula is C22H38O. The Morgan fingerprint density at radius 1 is 0.913 bits per heavy atom. The average molecular weight is 319 g/mol. The molecule has 0 spiro atoms. The van der Waals surface area contributed by atoms with E-state index >= 15 is 0 Å². The Hall–Kier alpha value is -0.330. The normalized spacial score (nSPS) is 37.9. The molecule has 1 heteroatoms. The van der Waals surface area contributed by atoms with Crippen LogP contribution in [0.5, 0.6) is 0 Å². The molecule has 0 aromatic rings. The van der Waals surface area contributed by atoms with Crippen LogP contribution in [0.1, 0.15) is 92.9 Å². The Morgan fingerprint density at radius 2 is 1.35 bits per heavy atom. The molecule has 0 aromatic carbocycles. The van der Waals surface area contributed by atoms with E-state index in [1.807, 2.05) is 0 Å². The molecule has 4 saturated carbocycles. The third-order valence-corrected chi connectivity index (χ3v) is 6.81. The molecule has 4 aliphatic carbocycles. The largest absolute Gasteiger partial charge is 0.299 e. The molecule has 1 nitrogen and oxygen atoms in total. The van der Waals surface area contributed by atoms with E-state index in [0.29, 0.717) is 11.2 Å². The van der Waals surface area contributed by atoms with Crippen molar-refractivity contribution in [3.05, 3.63) is 0 Å². The lowest BCUT2D eigenvalue weighted by atomic mass is 9.47. The van der Waals surface area contributed by atoms with Crippen molar-refractivity contribution in [3.63, 3.8) is 0 Å². The number of carbonyl (C=O) groups is 1. The Balaban J connectivity index is 1.79. The van der Waals surface area contributed by atoms with Crippen LogP contribution in [0.4, 0.5) is 0 Å². The van der Waals surface area contributed by atoms with E-state index < -0.39 is 0 Å². The van der Waals surface area contributed by atoms with E-state index in [2.05, 4.69) is 41.5 Å². The van der Waals surface area contributed by atoms with Gasteiger partial charge < -0.3 is 0 Å². The molecule has 0 saturated heterocycles. The summed E-state index contributed by atoms with van der Waals surface area (Å²) < 4.78 is 0. The van der Waals surface area contributed by atoms with Gasteiger partial charge in [-0.15, -0.1) is 0 Å². The van der Waals surface area contributed by atoms with Gasteiger partial charge >= 0.3 is 0 Å². The predicted molar refractivity (Wildman–Crippen MR) is 97.2 cm³/mol. The molecule has 0 N–H and O–H groups in total. The van der Waals surface area contributed by atoms with Crippen molar-refractivity contribution in [2.45, 2.75) is 92.9 Å². The van der Waals surface area contributed by atoms with Crippen molar-refractivity contribution < 1.29 is 4.79 Å². The molecule has 0 aromatic heterocycles. The average Bonchev–Trinajstić information content (AvgIpc) is 2.32. The van der Waals surface area contributed by atoms with E-state index in [4.69, 9.17) is 0 Å². The first kappa shape index (κ1) is 17.5. The second-order valence-electron chi connectivity index (χ2n) is 11.7. The smallest absolute Gasteiger partial charge is 0.141 e. The highest BCUT2D eigenvalue weighted by Crippen LogP contribution is 2.62. The van der Waals surface area contributed by atoms with E-state index in [-0.39, 0.29) is 16.7 Å². The number of ketones is 1. The van der Waals surface area contributed by atoms with Gasteiger partial charge in [-0.05, 0) is 80.0 Å². The Kier molecular flexibility index (Phi) is 4.26. The van der Waals surface area contributed by atoms with Gasteiger partial charge in [-0.3, -0.25) is 4.79 Å². The first-order valence-corrected chi connectivity index (χ1v) is 10.0. The fourth-order valence-corrected chi connectivity index (χ4v) is 6.67. The molecule has 4 aliphatic rings. The molecule has 132 valence electrons. The first-order chi connectivity index (χ1) is 10.5. The van der Waals surface area contributed by atoms with Crippen molar-refractivity contribution in [1.82, 2.24) is 0 Å². The maximum atomic E-state index is 13.2. The van der Waals surface area contributed by atoms with Crippen LogP contribution < -0.4 is 0 Å². The molecule has 23 heavy (non-hydrogen) atoms. The molecule has 0 radical (unpaired) electrons. The van der Waals surface area contributed by atoms with Crippen molar-refractivity contribution in [3.8, 4) is 0 Å². The zero-order chi connectivity index (χ0) is 17.0. The SMILES string of the molecule is CC(C)(C)C[C@@H](CC12CC3CC(CC(C3)C1)C2)C(=O)C(C)(C)C. The summed E-state index contributed by atoms with van der Waals surface area (Å²) >= 11 is 0. The number of carbonyl (C=O) groups excluding carboxylic acids is 1. The van der Waals surface area contributed by atoms with Gasteiger partial charge in [-0.1, -0.05) is 41.5 Å². The second-order valence-corrected chi connectivity index (χ2v) is 11.7. The van der Waals surface area contributed by atoms with Crippen molar-refractivity contribution in [1.29, 1.82) is 0 Å². The fraction of sp³-hybridized carbons (Fsp3) is 0.955. The topological polar surface area (TPSA) is 17.1 Å². The van der Waals surface area contributed by atoms with Crippen LogP contribution in [0.25, 0.3) is 0 Å². The third kappa shape index (κ3) is 3.85. The monoisotopic (exact) mass is 318 g/mol. The summed E-state index contributed by atoms with van der Waals surface area (Å²) in [5, 5.41) is 0. The minimum Gasteiger partial charge on any atom is -0.299 e. The number of hydrogen-bond acceptors (Lipinski definition) is 1. The standard InChI is InChI=1S/C22H38O/c1-20(2,3)13-18(19(23)21(4,5)6)14-22-10-15-7-16(11-22)9-17(8-15)12-22/h15-18H,7-14H2,1-6H3/t15?,16?,17?,18-,22?/m0/s1. The van der Waals surface area contributed by atoms with Gasteiger partial charge in [0.1, 0.15) is 5.78 Å². The van der Waals surface area contributed by atoms with Crippen molar-refractivity contribution in [2.75, 3.05) is 0 Å². The van der Waals surface area contributed by atoms with Crippen LogP contribution in [0.2, 0.25) is 0 Å². The minimum absolute atomic E-state index is 0.196. The molecule has 4 rings (SSSR count). The first-order valence-electron chi connectivity index (χ1n) is 10.0. The molecule has 1 atom stereocenters. The predicted octanol–water partition coefficient (Wildman–Crippen LogP) is 6.26. The highest BCUT2D eigenvalue weighted by Gasteiger charge is 2.52. The van der Waals surface area contributed by atoms with E-state index in [1.54, 1.807) is 0 Å². The minimum atomic E-state index is -0.196. The van der Waals surface area contributed by atoms with Gasteiger partial charge in [-0.25, -0.2) is 0 Å². The summed E-state index contributed by atoms with van der Waals surface area (Å²) in [6, 6.07) is 0. The van der Waals surface area contributed by atoms with Crippen LogP contribution in [0.3, 0.4) is 0 Å². The van der Waals surface area contributed by atoms with Crippen LogP contribution >= 0.6 is 0 Å². The van der Waals surface area contributed by atoms with Crippen LogP contribution in [0.15, 0.2) is 0 Å². The third-order valence-electron chi connectivity index (χ3n) is 6.81. The second kappa shape index (κ2) is 5.60. The maximum Gasteiger partial charge on any atom is 0.141 e. The lowest BCUT2D eigenvalue weighted by molar-refractivity contribution is -0.135. The van der Waals surface area contributed by atoms with Gasteiger partial charge in [0.25, 0.3) is 0 Å². The quantitative estimate of drug-likeness (QED) is 0.598. The summed E-state index contributed by atoms with van der Waals surface area (Å²) in [4.78, 5) is 13.2. The van der Waals surface area contributed by atoms with E-state index in [0.717, 1.165) is 24.2 Å². The summed E-state index contributed by atoms with van der Waals surface area (Å²) in [5.41, 5.74) is 0.567. The number of Topliss-reactive ketones (excluding diaryl/α,β-unsaturated/α-hetero) is 1. The van der Waals surface area contributed by atoms with Crippen LogP contribution in [0, 0.1) is 39.9 Å². The lowest BCUT2D eigenvalue weighted by Crippen LogP contribution is -2.48. The zero-order valence-corrected chi connectivity index (χ0v) is 16.4. The van der Waals surface area contributed by atoms with Gasteiger partial charge in [-0.2, -0.15) is 0 Å². The van der Waals surface area contributed by atoms with Gasteiger partial charge in [0.2, 0.25) is 0 Å². The summed E-state index contributed by atoms with van der Waals surface area (Å²) in [6.45, 7) is 13.3. The van der Waals surface area contributed by atoms with Gasteiger partial charge in [0.15, 0.2) is 0 Å². The summed E-state index contributed by atoms with van der Waals surface area (Å²) in [6.07, 6.45) is 11.0. The fourth-order valence-electron chi connectivity index (χ4n) is 6.67. The molecule has 4 fully saturated rings. The van der Waals surface area contributed by atoms with Crippen LogP contribution in [-0.4, -0.2) is 5.78 Å². The highest BCUT2D eigenvalue weighted by molar-refractivity contribution is 5.86. The van der Waals surface area contributed by atoms with Crippen molar-refractivity contribution >= 4 is 5.78 Å². The zero-order valence-electron chi connectivity index (χ0n) is 16.4. The Labute approximate surface area is 144 Å². The molecular weight excluding hydrogens is 280 g/mol. The van der Waals surface area contributed by atoms with E-state index in [9.17, 15) is 4.79 Å². The molecule has 4 bridgehead atoms. The lowest BCUT2D eigenvalue weighted by Gasteiger charge is -2.58. The van der Waals surface area contributed by atoms with E-state index in [1.165, 1.54) is 44.9 Å². The molecule has 0 amide bonds. The summed E-state index contributed by atoms with van der Waals surface area (Å²) in [5.74, 6) is 3.75.